The molecular weight excluding hydrogens is 546 g/mol. The number of hydrogen-bond donors (Lipinski definition) is 2. The van der Waals surface area contributed by atoms with Gasteiger partial charge < -0.3 is 15.4 Å². The predicted octanol–water partition coefficient (Wildman–Crippen LogP) is 4.58. The summed E-state index contributed by atoms with van der Waals surface area (Å²) < 4.78 is 5.10. The second-order valence-electron chi connectivity index (χ2n) is 11.4. The molecule has 2 bridgehead atoms. The SMILES string of the molecule is CC(=O)Nc1ccc(NC(=O)COC(=O)CCCCCN2C(=O)[C@@H]3C4c5ccccc5C(c5ccccc54)[C@H]3C2=O)cc1. The van der Waals surface area contributed by atoms with Crippen LogP contribution in [0.2, 0.25) is 0 Å². The first kappa shape index (κ1) is 28.3. The van der Waals surface area contributed by atoms with Gasteiger partial charge in [0.1, 0.15) is 0 Å². The molecule has 1 saturated heterocycles. The van der Waals surface area contributed by atoms with Crippen LogP contribution in [0, 0.1) is 11.8 Å². The highest BCUT2D eigenvalue weighted by Gasteiger charge is 2.61. The molecule has 0 unspecified atom stereocenters. The van der Waals surface area contributed by atoms with Crippen LogP contribution in [0.1, 0.15) is 66.7 Å². The molecule has 9 nitrogen and oxygen atoms in total. The molecule has 3 aromatic carbocycles. The maximum Gasteiger partial charge on any atom is 0.306 e. The number of likely N-dealkylation sites (tertiary alicyclic amines) is 1. The second-order valence-corrected chi connectivity index (χ2v) is 11.4. The Labute approximate surface area is 249 Å². The van der Waals surface area contributed by atoms with Gasteiger partial charge in [-0.3, -0.25) is 28.9 Å². The van der Waals surface area contributed by atoms with Crippen molar-refractivity contribution in [3.05, 3.63) is 95.1 Å². The summed E-state index contributed by atoms with van der Waals surface area (Å²) in [7, 11) is 0. The van der Waals surface area contributed by atoms with Crippen molar-refractivity contribution in [2.24, 2.45) is 11.8 Å². The molecule has 1 heterocycles. The van der Waals surface area contributed by atoms with Crippen molar-refractivity contribution < 1.29 is 28.7 Å². The van der Waals surface area contributed by atoms with Gasteiger partial charge in [0, 0.05) is 43.1 Å². The Bertz CT molecular complexity index is 1480. The number of hydrogen-bond acceptors (Lipinski definition) is 6. The van der Waals surface area contributed by atoms with E-state index in [1.165, 1.54) is 11.8 Å². The van der Waals surface area contributed by atoms with Gasteiger partial charge >= 0.3 is 5.97 Å². The van der Waals surface area contributed by atoms with Crippen molar-refractivity contribution in [2.45, 2.75) is 44.4 Å². The van der Waals surface area contributed by atoms with Crippen LogP contribution in [0.3, 0.4) is 0 Å². The summed E-state index contributed by atoms with van der Waals surface area (Å²) >= 11 is 0. The van der Waals surface area contributed by atoms with E-state index in [1.54, 1.807) is 24.3 Å². The lowest BCUT2D eigenvalue weighted by molar-refractivity contribution is -0.147. The molecule has 0 radical (unpaired) electrons. The fraction of sp³-hybridized carbons (Fsp3) is 0.324. The number of nitrogens with one attached hydrogen (secondary N) is 2. The second kappa shape index (κ2) is 11.8. The smallest absolute Gasteiger partial charge is 0.306 e. The number of anilines is 2. The first-order chi connectivity index (χ1) is 20.8. The molecule has 220 valence electrons. The molecule has 3 aromatic rings. The summed E-state index contributed by atoms with van der Waals surface area (Å²) in [5.41, 5.74) is 5.74. The average Bonchev–Trinajstić information content (AvgIpc) is 3.26. The standard InChI is InChI=1S/C34H33N3O6/c1-20(38)35-21-14-16-22(17-15-21)36-27(39)19-43-28(40)13-3-2-8-18-37-33(41)31-29-23-9-4-5-10-24(23)30(32(31)34(37)42)26-12-7-6-11-25(26)29/h4-7,9-12,14-17,29-32H,2-3,8,13,18-19H2,1H3,(H,35,38)(H,36,39)/t29?,30?,31-,32-/m1/s1. The quantitative estimate of drug-likeness (QED) is 0.206. The van der Waals surface area contributed by atoms with Gasteiger partial charge in [0.05, 0.1) is 11.8 Å². The number of carbonyl (C=O) groups is 5. The average molecular weight is 580 g/mol. The summed E-state index contributed by atoms with van der Waals surface area (Å²) in [6.45, 7) is 1.33. The molecule has 9 heteroatoms. The van der Waals surface area contributed by atoms with Gasteiger partial charge in [-0.15, -0.1) is 0 Å². The summed E-state index contributed by atoms with van der Waals surface area (Å²) in [5, 5.41) is 5.28. The Morgan fingerprint density at radius 3 is 1.67 bits per heavy atom. The van der Waals surface area contributed by atoms with Crippen LogP contribution in [0.4, 0.5) is 11.4 Å². The molecule has 4 amide bonds. The molecule has 43 heavy (non-hydrogen) atoms. The molecule has 0 saturated carbocycles. The molecule has 4 aliphatic rings. The lowest BCUT2D eigenvalue weighted by Crippen LogP contribution is -2.41. The molecule has 7 rings (SSSR count). The molecule has 2 N–H and O–H groups in total. The Hall–Kier alpha value is -4.79. The predicted molar refractivity (Wildman–Crippen MR) is 159 cm³/mol. The molecular formula is C34H33N3O6. The van der Waals surface area contributed by atoms with Gasteiger partial charge in [0.2, 0.25) is 17.7 Å². The highest BCUT2D eigenvalue weighted by Crippen LogP contribution is 2.60. The van der Waals surface area contributed by atoms with E-state index in [1.807, 2.05) is 24.3 Å². The van der Waals surface area contributed by atoms with Crippen LogP contribution in [0.25, 0.3) is 0 Å². The van der Waals surface area contributed by atoms with Gasteiger partial charge in [-0.05, 0) is 59.4 Å². The van der Waals surface area contributed by atoms with E-state index in [2.05, 4.69) is 34.9 Å². The van der Waals surface area contributed by atoms with Gasteiger partial charge in [-0.1, -0.05) is 55.0 Å². The number of amides is 4. The minimum atomic E-state index is -0.484. The number of ether oxygens (including phenoxy) is 1. The van der Waals surface area contributed by atoms with Crippen molar-refractivity contribution in [1.82, 2.24) is 4.90 Å². The zero-order valence-corrected chi connectivity index (χ0v) is 23.9. The summed E-state index contributed by atoms with van der Waals surface area (Å²) in [6.07, 6.45) is 1.90. The zero-order chi connectivity index (χ0) is 30.1. The highest BCUT2D eigenvalue weighted by atomic mass is 16.5. The third kappa shape index (κ3) is 5.43. The maximum absolute atomic E-state index is 13.6. The third-order valence-corrected chi connectivity index (χ3v) is 8.66. The van der Waals surface area contributed by atoms with Gasteiger partial charge in [-0.2, -0.15) is 0 Å². The number of unbranched alkanes of at least 4 members (excludes halogenated alkanes) is 2. The fourth-order valence-corrected chi connectivity index (χ4v) is 6.93. The molecule has 2 atom stereocenters. The molecule has 1 aliphatic heterocycles. The van der Waals surface area contributed by atoms with Gasteiger partial charge in [0.15, 0.2) is 6.61 Å². The van der Waals surface area contributed by atoms with E-state index in [0.717, 1.165) is 22.3 Å². The Kier molecular flexibility index (Phi) is 7.80. The summed E-state index contributed by atoms with van der Waals surface area (Å²) in [6, 6.07) is 23.0. The van der Waals surface area contributed by atoms with E-state index in [9.17, 15) is 24.0 Å². The number of nitrogens with zero attached hydrogens (tertiary/aromatic N) is 1. The van der Waals surface area contributed by atoms with E-state index in [0.29, 0.717) is 37.2 Å². The number of rotatable bonds is 10. The fourth-order valence-electron chi connectivity index (χ4n) is 6.93. The Balaban J connectivity index is 0.963. The highest BCUT2D eigenvalue weighted by molar-refractivity contribution is 6.07. The first-order valence-corrected chi connectivity index (χ1v) is 14.7. The minimum Gasteiger partial charge on any atom is -0.456 e. The molecule has 1 fully saturated rings. The third-order valence-electron chi connectivity index (χ3n) is 8.66. The van der Waals surface area contributed by atoms with Crippen molar-refractivity contribution in [3.8, 4) is 0 Å². The Morgan fingerprint density at radius 1 is 0.698 bits per heavy atom. The van der Waals surface area contributed by atoms with Crippen LogP contribution in [-0.4, -0.2) is 47.6 Å². The Morgan fingerprint density at radius 2 is 1.19 bits per heavy atom. The number of carbonyl (C=O) groups excluding carboxylic acids is 5. The van der Waals surface area contributed by atoms with Crippen molar-refractivity contribution in [3.63, 3.8) is 0 Å². The van der Waals surface area contributed by atoms with Crippen molar-refractivity contribution in [2.75, 3.05) is 23.8 Å². The zero-order valence-electron chi connectivity index (χ0n) is 23.9. The van der Waals surface area contributed by atoms with Gasteiger partial charge in [-0.25, -0.2) is 0 Å². The largest absolute Gasteiger partial charge is 0.456 e. The van der Waals surface area contributed by atoms with Crippen molar-refractivity contribution in [1.29, 1.82) is 0 Å². The molecule has 0 spiro atoms. The summed E-state index contributed by atoms with van der Waals surface area (Å²) in [5.74, 6) is -2.30. The maximum atomic E-state index is 13.6. The van der Waals surface area contributed by atoms with Crippen molar-refractivity contribution >= 4 is 41.0 Å². The van der Waals surface area contributed by atoms with Crippen LogP contribution < -0.4 is 10.6 Å². The number of benzene rings is 3. The van der Waals surface area contributed by atoms with E-state index >= 15 is 0 Å². The van der Waals surface area contributed by atoms with Crippen LogP contribution >= 0.6 is 0 Å². The van der Waals surface area contributed by atoms with Crippen LogP contribution in [0.5, 0.6) is 0 Å². The monoisotopic (exact) mass is 579 g/mol. The number of imide groups is 1. The molecule has 3 aliphatic carbocycles. The van der Waals surface area contributed by atoms with Crippen LogP contribution in [-0.2, 0) is 28.7 Å². The topological polar surface area (TPSA) is 122 Å². The normalized spacial score (nSPS) is 21.1. The molecule has 0 aromatic heterocycles. The lowest BCUT2D eigenvalue weighted by Gasteiger charge is -2.45. The van der Waals surface area contributed by atoms with Gasteiger partial charge in [0.25, 0.3) is 5.91 Å². The number of esters is 1. The van der Waals surface area contributed by atoms with Crippen LogP contribution in [0.15, 0.2) is 72.8 Å². The first-order valence-electron chi connectivity index (χ1n) is 14.7. The van der Waals surface area contributed by atoms with E-state index < -0.39 is 18.5 Å². The minimum absolute atomic E-state index is 0.0933. The lowest BCUT2D eigenvalue weighted by atomic mass is 9.55. The van der Waals surface area contributed by atoms with E-state index in [-0.39, 0.29) is 47.8 Å². The summed E-state index contributed by atoms with van der Waals surface area (Å²) in [4.78, 5) is 64.2. The van der Waals surface area contributed by atoms with E-state index in [4.69, 9.17) is 4.74 Å².